The minimum absolute atomic E-state index is 0.519. The van der Waals surface area contributed by atoms with E-state index in [1.165, 1.54) is 51.4 Å². The van der Waals surface area contributed by atoms with Crippen LogP contribution >= 0.6 is 0 Å². The Balaban J connectivity index is 3.25. The van der Waals surface area contributed by atoms with Crippen LogP contribution in [0.25, 0.3) is 0 Å². The Morgan fingerprint density at radius 1 is 0.591 bits per heavy atom. The van der Waals surface area contributed by atoms with E-state index in [4.69, 9.17) is 0 Å². The monoisotopic (exact) mass is 304 g/mol. The molecule has 0 rings (SSSR count). The van der Waals surface area contributed by atoms with Crippen LogP contribution in [0.5, 0.6) is 0 Å². The van der Waals surface area contributed by atoms with Crippen LogP contribution in [0.4, 0.5) is 0 Å². The molecule has 0 saturated heterocycles. The first kappa shape index (κ1) is 21.2. The standard InChI is InChI=1S/C22H40/c1-5-6-7-8-9-10-11-12-13-14-15-16-17-18-19-20-21-22(2,3)4/h6-7,9-10,12-13H,5,8,11,14-21H2,1-4H3/b7-6-,10-9-,13-12+. The highest BCUT2D eigenvalue weighted by Gasteiger charge is 2.08. The zero-order valence-corrected chi connectivity index (χ0v) is 15.7. The zero-order chi connectivity index (χ0) is 16.5. The lowest BCUT2D eigenvalue weighted by Gasteiger charge is -2.17. The van der Waals surface area contributed by atoms with Crippen molar-refractivity contribution in [1.29, 1.82) is 0 Å². The third kappa shape index (κ3) is 19.2. The van der Waals surface area contributed by atoms with Crippen molar-refractivity contribution in [3.8, 4) is 0 Å². The average Bonchev–Trinajstić information content (AvgIpc) is 2.45. The molecule has 0 aromatic rings. The maximum Gasteiger partial charge on any atom is -0.0169 e. The predicted octanol–water partition coefficient (Wildman–Crippen LogP) is 8.01. The summed E-state index contributed by atoms with van der Waals surface area (Å²) >= 11 is 0. The molecule has 0 N–H and O–H groups in total. The van der Waals surface area contributed by atoms with Crippen molar-refractivity contribution >= 4 is 0 Å². The predicted molar refractivity (Wildman–Crippen MR) is 103 cm³/mol. The zero-order valence-electron chi connectivity index (χ0n) is 15.7. The molecule has 0 aromatic carbocycles. The lowest BCUT2D eigenvalue weighted by Crippen LogP contribution is -2.03. The molecule has 0 aliphatic carbocycles. The first-order chi connectivity index (χ1) is 10.6. The largest absolute Gasteiger partial charge is 0.0885 e. The Morgan fingerprint density at radius 2 is 1.09 bits per heavy atom. The van der Waals surface area contributed by atoms with Crippen LogP contribution in [0, 0.1) is 5.41 Å². The molecule has 0 saturated carbocycles. The second kappa shape index (κ2) is 15.1. The summed E-state index contributed by atoms with van der Waals surface area (Å²) in [6.45, 7) is 9.21. The molecule has 0 aliphatic heterocycles. The summed E-state index contributed by atoms with van der Waals surface area (Å²) in [6, 6.07) is 0. The van der Waals surface area contributed by atoms with E-state index in [2.05, 4.69) is 64.2 Å². The maximum atomic E-state index is 2.35. The fourth-order valence-electron chi connectivity index (χ4n) is 2.45. The first-order valence-electron chi connectivity index (χ1n) is 9.51. The molecular weight excluding hydrogens is 264 g/mol. The molecule has 128 valence electrons. The number of allylic oxidation sites excluding steroid dienone is 6. The molecule has 0 atom stereocenters. The molecule has 22 heavy (non-hydrogen) atoms. The summed E-state index contributed by atoms with van der Waals surface area (Å²) in [6.07, 6.45) is 28.0. The van der Waals surface area contributed by atoms with Gasteiger partial charge in [-0.2, -0.15) is 0 Å². The van der Waals surface area contributed by atoms with Gasteiger partial charge in [0, 0.05) is 0 Å². The van der Waals surface area contributed by atoms with Crippen LogP contribution in [-0.4, -0.2) is 0 Å². The molecule has 0 nitrogen and oxygen atoms in total. The average molecular weight is 305 g/mol. The van der Waals surface area contributed by atoms with E-state index >= 15 is 0 Å². The topological polar surface area (TPSA) is 0 Å². The number of rotatable bonds is 13. The van der Waals surface area contributed by atoms with Crippen LogP contribution in [-0.2, 0) is 0 Å². The third-order valence-corrected chi connectivity index (χ3v) is 3.83. The van der Waals surface area contributed by atoms with Gasteiger partial charge in [-0.3, -0.25) is 0 Å². The van der Waals surface area contributed by atoms with Gasteiger partial charge in [-0.15, -0.1) is 0 Å². The minimum atomic E-state index is 0.519. The fraction of sp³-hybridized carbons (Fsp3) is 0.727. The van der Waals surface area contributed by atoms with Crippen molar-refractivity contribution in [3.05, 3.63) is 36.5 Å². The normalized spacial score (nSPS) is 13.1. The van der Waals surface area contributed by atoms with Crippen LogP contribution < -0.4 is 0 Å². The van der Waals surface area contributed by atoms with Gasteiger partial charge in [0.1, 0.15) is 0 Å². The smallest absolute Gasteiger partial charge is 0.0169 e. The molecule has 0 spiro atoms. The summed E-state index contributed by atoms with van der Waals surface area (Å²) in [5.41, 5.74) is 0.519. The Hall–Kier alpha value is -0.780. The highest BCUT2D eigenvalue weighted by Crippen LogP contribution is 2.22. The van der Waals surface area contributed by atoms with Gasteiger partial charge in [-0.1, -0.05) is 96.3 Å². The lowest BCUT2D eigenvalue weighted by atomic mass is 9.89. The number of hydrogen-bond acceptors (Lipinski definition) is 0. The summed E-state index contributed by atoms with van der Waals surface area (Å²) in [5.74, 6) is 0. The molecule has 0 amide bonds. The summed E-state index contributed by atoms with van der Waals surface area (Å²) in [7, 11) is 0. The van der Waals surface area contributed by atoms with Gasteiger partial charge in [-0.05, 0) is 43.9 Å². The van der Waals surface area contributed by atoms with Gasteiger partial charge in [0.15, 0.2) is 0 Å². The molecule has 0 heteroatoms. The summed E-state index contributed by atoms with van der Waals surface area (Å²) in [4.78, 5) is 0. The van der Waals surface area contributed by atoms with Gasteiger partial charge in [-0.25, -0.2) is 0 Å². The molecule has 0 heterocycles. The third-order valence-electron chi connectivity index (χ3n) is 3.83. The van der Waals surface area contributed by atoms with E-state index in [0.717, 1.165) is 19.3 Å². The van der Waals surface area contributed by atoms with E-state index in [1.54, 1.807) is 0 Å². The van der Waals surface area contributed by atoms with Gasteiger partial charge < -0.3 is 0 Å². The van der Waals surface area contributed by atoms with E-state index in [1.807, 2.05) is 0 Å². The van der Waals surface area contributed by atoms with Crippen LogP contribution in [0.1, 0.15) is 98.3 Å². The van der Waals surface area contributed by atoms with E-state index in [9.17, 15) is 0 Å². The molecule has 0 radical (unpaired) electrons. The summed E-state index contributed by atoms with van der Waals surface area (Å²) < 4.78 is 0. The van der Waals surface area contributed by atoms with Gasteiger partial charge in [0.2, 0.25) is 0 Å². The van der Waals surface area contributed by atoms with Crippen LogP contribution in [0.15, 0.2) is 36.5 Å². The van der Waals surface area contributed by atoms with E-state index < -0.39 is 0 Å². The maximum absolute atomic E-state index is 2.35. The van der Waals surface area contributed by atoms with Gasteiger partial charge in [0.05, 0.1) is 0 Å². The molecule has 0 bridgehead atoms. The van der Waals surface area contributed by atoms with Crippen molar-refractivity contribution in [2.24, 2.45) is 5.41 Å². The minimum Gasteiger partial charge on any atom is -0.0885 e. The Kier molecular flexibility index (Phi) is 14.6. The van der Waals surface area contributed by atoms with E-state index in [0.29, 0.717) is 5.41 Å². The summed E-state index contributed by atoms with van der Waals surface area (Å²) in [5, 5.41) is 0. The van der Waals surface area contributed by atoms with Crippen LogP contribution in [0.2, 0.25) is 0 Å². The molecule has 0 fully saturated rings. The second-order valence-electron chi connectivity index (χ2n) is 7.51. The first-order valence-corrected chi connectivity index (χ1v) is 9.51. The number of hydrogen-bond donors (Lipinski definition) is 0. The molecular formula is C22H40. The van der Waals surface area contributed by atoms with Gasteiger partial charge in [0.25, 0.3) is 0 Å². The lowest BCUT2D eigenvalue weighted by molar-refractivity contribution is 0.356. The molecule has 0 aromatic heterocycles. The Bertz CT molecular complexity index is 298. The van der Waals surface area contributed by atoms with Crippen molar-refractivity contribution in [3.63, 3.8) is 0 Å². The highest BCUT2D eigenvalue weighted by atomic mass is 14.1. The van der Waals surface area contributed by atoms with Gasteiger partial charge >= 0.3 is 0 Å². The van der Waals surface area contributed by atoms with Crippen molar-refractivity contribution in [2.45, 2.75) is 98.3 Å². The van der Waals surface area contributed by atoms with Crippen LogP contribution in [0.3, 0.4) is 0 Å². The van der Waals surface area contributed by atoms with Crippen molar-refractivity contribution < 1.29 is 0 Å². The fourth-order valence-corrected chi connectivity index (χ4v) is 2.45. The Morgan fingerprint density at radius 3 is 1.68 bits per heavy atom. The quantitative estimate of drug-likeness (QED) is 0.239. The highest BCUT2D eigenvalue weighted by molar-refractivity contribution is 4.96. The van der Waals surface area contributed by atoms with Crippen molar-refractivity contribution in [1.82, 2.24) is 0 Å². The SMILES string of the molecule is CC/C=C\C/C=C\C/C=C/CCCCCCCCC(C)(C)C. The second-order valence-corrected chi connectivity index (χ2v) is 7.51. The van der Waals surface area contributed by atoms with Crippen molar-refractivity contribution in [2.75, 3.05) is 0 Å². The Labute approximate surface area is 140 Å². The number of unbranched alkanes of at least 4 members (excludes halogenated alkanes) is 6. The molecule has 0 unspecified atom stereocenters. The molecule has 0 aliphatic rings. The van der Waals surface area contributed by atoms with E-state index in [-0.39, 0.29) is 0 Å².